The molecular weight excluding hydrogens is 412 g/mol. The first-order valence-corrected chi connectivity index (χ1v) is 11.1. The molecule has 1 amide bonds. The molecule has 0 aliphatic rings. The normalized spacial score (nSPS) is 10.6. The summed E-state index contributed by atoms with van der Waals surface area (Å²) in [7, 11) is 0. The van der Waals surface area contributed by atoms with Crippen molar-refractivity contribution >= 4 is 23.4 Å². The lowest BCUT2D eigenvalue weighted by atomic mass is 10.1. The van der Waals surface area contributed by atoms with Gasteiger partial charge in [0.15, 0.2) is 0 Å². The molecule has 0 spiro atoms. The first-order chi connectivity index (χ1) is 15.1. The van der Waals surface area contributed by atoms with Gasteiger partial charge < -0.3 is 15.2 Å². The van der Waals surface area contributed by atoms with E-state index in [1.165, 1.54) is 16.9 Å². The van der Waals surface area contributed by atoms with Gasteiger partial charge in [-0.05, 0) is 36.8 Å². The van der Waals surface area contributed by atoms with E-state index in [9.17, 15) is 9.59 Å². The van der Waals surface area contributed by atoms with Crippen molar-refractivity contribution in [2.75, 3.05) is 6.54 Å². The molecule has 0 atom stereocenters. The summed E-state index contributed by atoms with van der Waals surface area (Å²) in [6.07, 6.45) is 4.78. The average molecular weight is 439 g/mol. The summed E-state index contributed by atoms with van der Waals surface area (Å²) < 4.78 is 5.19. The lowest BCUT2D eigenvalue weighted by Gasteiger charge is -2.07. The van der Waals surface area contributed by atoms with E-state index < -0.39 is 5.97 Å². The lowest BCUT2D eigenvalue weighted by molar-refractivity contribution is -0.136. The van der Waals surface area contributed by atoms with Crippen LogP contribution < -0.4 is 5.32 Å². The molecule has 2 N–H and O–H groups in total. The van der Waals surface area contributed by atoms with Gasteiger partial charge >= 0.3 is 12.1 Å². The van der Waals surface area contributed by atoms with Gasteiger partial charge in [0.25, 0.3) is 0 Å². The Bertz CT molecular complexity index is 971. The third kappa shape index (κ3) is 7.86. The van der Waals surface area contributed by atoms with Crippen molar-refractivity contribution in [1.29, 1.82) is 0 Å². The summed E-state index contributed by atoms with van der Waals surface area (Å²) in [6.45, 7) is 0.864. The van der Waals surface area contributed by atoms with E-state index in [4.69, 9.17) is 9.84 Å². The van der Waals surface area contributed by atoms with Gasteiger partial charge in [0.1, 0.15) is 11.6 Å². The molecule has 31 heavy (non-hydrogen) atoms. The maximum Gasteiger partial charge on any atom is 0.407 e. The molecular formula is C24H26N2O4S. The monoisotopic (exact) mass is 438 g/mol. The molecule has 1 heterocycles. The number of nitrogens with zero attached hydrogens (tertiary/aromatic N) is 1. The topological polar surface area (TPSA) is 88.5 Å². The molecule has 6 nitrogen and oxygen atoms in total. The number of ether oxygens (including phenoxy) is 1. The fourth-order valence-electron chi connectivity index (χ4n) is 3.02. The van der Waals surface area contributed by atoms with E-state index in [-0.39, 0.29) is 19.1 Å². The minimum Gasteiger partial charge on any atom is -0.481 e. The maximum absolute atomic E-state index is 11.7. The van der Waals surface area contributed by atoms with Crippen molar-refractivity contribution in [1.82, 2.24) is 10.3 Å². The van der Waals surface area contributed by atoms with Crippen LogP contribution in [-0.4, -0.2) is 28.7 Å². The number of aliphatic carboxylic acids is 1. The number of hydrogen-bond donors (Lipinski definition) is 2. The summed E-state index contributed by atoms with van der Waals surface area (Å²) in [5, 5.41) is 12.5. The number of alkyl carbamates (subject to hydrolysis) is 1. The second kappa shape index (κ2) is 11.9. The van der Waals surface area contributed by atoms with Crippen molar-refractivity contribution in [3.63, 3.8) is 0 Å². The zero-order valence-electron chi connectivity index (χ0n) is 17.3. The number of amides is 1. The van der Waals surface area contributed by atoms with Gasteiger partial charge in [-0.2, -0.15) is 0 Å². The highest BCUT2D eigenvalue weighted by molar-refractivity contribution is 7.15. The van der Waals surface area contributed by atoms with E-state index in [0.717, 1.165) is 40.3 Å². The number of thiazole rings is 1. The number of carboxylic acid groups (broad SMARTS) is 1. The molecule has 0 aliphatic heterocycles. The van der Waals surface area contributed by atoms with Crippen LogP contribution in [0.2, 0.25) is 0 Å². The van der Waals surface area contributed by atoms with Crippen LogP contribution in [0.1, 0.15) is 35.3 Å². The van der Waals surface area contributed by atoms with E-state index >= 15 is 0 Å². The molecule has 3 rings (SSSR count). The van der Waals surface area contributed by atoms with Gasteiger partial charge in [0.2, 0.25) is 0 Å². The van der Waals surface area contributed by atoms with Crippen LogP contribution in [-0.2, 0) is 29.0 Å². The minimum atomic E-state index is -0.793. The highest BCUT2D eigenvalue weighted by atomic mass is 32.1. The number of carbonyl (C=O) groups excluding carboxylic acids is 1. The Labute approximate surface area is 185 Å². The van der Waals surface area contributed by atoms with Crippen molar-refractivity contribution in [2.24, 2.45) is 0 Å². The predicted molar refractivity (Wildman–Crippen MR) is 121 cm³/mol. The molecule has 0 bridgehead atoms. The Morgan fingerprint density at radius 2 is 1.74 bits per heavy atom. The zero-order valence-corrected chi connectivity index (χ0v) is 18.1. The van der Waals surface area contributed by atoms with Gasteiger partial charge in [-0.1, -0.05) is 54.6 Å². The largest absolute Gasteiger partial charge is 0.481 e. The minimum absolute atomic E-state index is 0.125. The molecule has 1 aromatic heterocycles. The Balaban J connectivity index is 1.33. The van der Waals surface area contributed by atoms with Gasteiger partial charge in [-0.25, -0.2) is 9.78 Å². The molecule has 0 radical (unpaired) electrons. The summed E-state index contributed by atoms with van der Waals surface area (Å²) in [5.74, 6) is -0.793. The SMILES string of the molecule is O=C(O)CCc1cnc(-c2ccc(CCCCNC(=O)OCc3ccccc3)cc2)s1. The summed E-state index contributed by atoms with van der Waals surface area (Å²) in [4.78, 5) is 27.8. The fourth-order valence-corrected chi connectivity index (χ4v) is 3.94. The summed E-state index contributed by atoms with van der Waals surface area (Å²) in [5.41, 5.74) is 3.24. The van der Waals surface area contributed by atoms with E-state index in [1.54, 1.807) is 6.20 Å². The molecule has 0 fully saturated rings. The van der Waals surface area contributed by atoms with Crippen molar-refractivity contribution in [3.05, 3.63) is 76.8 Å². The second-order valence-corrected chi connectivity index (χ2v) is 8.28. The van der Waals surface area contributed by atoms with Gasteiger partial charge in [-0.3, -0.25) is 4.79 Å². The maximum atomic E-state index is 11.7. The number of aromatic nitrogens is 1. The first kappa shape index (κ1) is 22.5. The predicted octanol–water partition coefficient (Wildman–Crippen LogP) is 5.08. The number of nitrogens with one attached hydrogen (secondary N) is 1. The number of benzene rings is 2. The van der Waals surface area contributed by atoms with Crippen molar-refractivity contribution in [3.8, 4) is 10.6 Å². The number of carboxylic acids is 1. The number of hydrogen-bond acceptors (Lipinski definition) is 5. The number of aryl methyl sites for hydroxylation is 2. The summed E-state index contributed by atoms with van der Waals surface area (Å²) in [6, 6.07) is 17.9. The average Bonchev–Trinajstić information content (AvgIpc) is 3.26. The Morgan fingerprint density at radius 3 is 2.48 bits per heavy atom. The zero-order chi connectivity index (χ0) is 21.9. The summed E-state index contributed by atoms with van der Waals surface area (Å²) >= 11 is 1.54. The van der Waals surface area contributed by atoms with Crippen LogP contribution in [0.3, 0.4) is 0 Å². The van der Waals surface area contributed by atoms with Crippen LogP contribution in [0.25, 0.3) is 10.6 Å². The molecule has 0 saturated carbocycles. The number of rotatable bonds is 11. The quantitative estimate of drug-likeness (QED) is 0.408. The molecule has 0 unspecified atom stereocenters. The van der Waals surface area contributed by atoms with E-state index in [2.05, 4.69) is 22.4 Å². The lowest BCUT2D eigenvalue weighted by Crippen LogP contribution is -2.25. The third-order valence-electron chi connectivity index (χ3n) is 4.71. The van der Waals surface area contributed by atoms with E-state index in [0.29, 0.717) is 13.0 Å². The molecule has 0 aliphatic carbocycles. The van der Waals surface area contributed by atoms with Crippen LogP contribution in [0.5, 0.6) is 0 Å². The standard InChI is InChI=1S/C24H26N2O4S/c27-22(28)14-13-21-16-26-23(31-21)20-11-9-18(10-12-20)6-4-5-15-25-24(29)30-17-19-7-2-1-3-8-19/h1-3,7-12,16H,4-6,13-15,17H2,(H,25,29)(H,27,28). The Morgan fingerprint density at radius 1 is 0.968 bits per heavy atom. The molecule has 7 heteroatoms. The van der Waals surface area contributed by atoms with E-state index in [1.807, 2.05) is 42.5 Å². The highest BCUT2D eigenvalue weighted by Crippen LogP contribution is 2.26. The van der Waals surface area contributed by atoms with Crippen LogP contribution in [0, 0.1) is 0 Å². The van der Waals surface area contributed by atoms with Crippen molar-refractivity contribution < 1.29 is 19.4 Å². The van der Waals surface area contributed by atoms with Gasteiger partial charge in [-0.15, -0.1) is 11.3 Å². The number of carbonyl (C=O) groups is 2. The van der Waals surface area contributed by atoms with Gasteiger partial charge in [0, 0.05) is 23.2 Å². The highest BCUT2D eigenvalue weighted by Gasteiger charge is 2.07. The van der Waals surface area contributed by atoms with Gasteiger partial charge in [0.05, 0.1) is 6.42 Å². The van der Waals surface area contributed by atoms with Crippen LogP contribution in [0.4, 0.5) is 4.79 Å². The molecule has 3 aromatic rings. The Kier molecular flexibility index (Phi) is 8.60. The Hall–Kier alpha value is -3.19. The molecule has 2 aromatic carbocycles. The molecule has 0 saturated heterocycles. The fraction of sp³-hybridized carbons (Fsp3) is 0.292. The van der Waals surface area contributed by atoms with Crippen LogP contribution in [0.15, 0.2) is 60.8 Å². The third-order valence-corrected chi connectivity index (χ3v) is 5.82. The number of unbranched alkanes of at least 4 members (excludes halogenated alkanes) is 1. The smallest absolute Gasteiger partial charge is 0.407 e. The van der Waals surface area contributed by atoms with Crippen LogP contribution >= 0.6 is 11.3 Å². The first-order valence-electron chi connectivity index (χ1n) is 10.3. The molecule has 162 valence electrons. The second-order valence-electron chi connectivity index (χ2n) is 7.17. The van der Waals surface area contributed by atoms with Crippen molar-refractivity contribution in [2.45, 2.75) is 38.7 Å².